The van der Waals surface area contributed by atoms with Crippen LogP contribution in [0.2, 0.25) is 0 Å². The van der Waals surface area contributed by atoms with Crippen molar-refractivity contribution in [1.29, 1.82) is 0 Å². The van der Waals surface area contributed by atoms with Gasteiger partial charge in [0.1, 0.15) is 0 Å². The van der Waals surface area contributed by atoms with Crippen LogP contribution in [0.15, 0.2) is 0 Å². The topological polar surface area (TPSA) is 78.9 Å². The minimum atomic E-state index is -4.14. The quantitative estimate of drug-likeness (QED) is 0.313. The van der Waals surface area contributed by atoms with Gasteiger partial charge in [-0.25, -0.2) is 8.42 Å². The Morgan fingerprint density at radius 1 is 1.06 bits per heavy atom. The fraction of sp³-hybridized carbons (Fsp3) is 1.00. The molecular formula is C8H18NNaO5S. The molecule has 0 aliphatic rings. The van der Waals surface area contributed by atoms with Crippen molar-refractivity contribution in [1.82, 2.24) is 4.90 Å². The molecular weight excluding hydrogens is 245 g/mol. The van der Waals surface area contributed by atoms with Crippen LogP contribution in [0.25, 0.3) is 0 Å². The van der Waals surface area contributed by atoms with E-state index in [4.69, 9.17) is 9.47 Å². The van der Waals surface area contributed by atoms with Crippen LogP contribution in [-0.4, -0.2) is 70.7 Å². The summed E-state index contributed by atoms with van der Waals surface area (Å²) in [5.74, 6) is -0.375. The molecule has 6 nitrogen and oxygen atoms in total. The predicted octanol–water partition coefficient (Wildman–Crippen LogP) is -3.87. The smallest absolute Gasteiger partial charge is 0.748 e. The van der Waals surface area contributed by atoms with E-state index in [1.807, 2.05) is 4.90 Å². The fourth-order valence-corrected chi connectivity index (χ4v) is 1.50. The van der Waals surface area contributed by atoms with E-state index in [2.05, 4.69) is 0 Å². The molecule has 0 aromatic rings. The largest absolute Gasteiger partial charge is 1.00 e. The summed E-state index contributed by atoms with van der Waals surface area (Å²) in [6.07, 6.45) is 0. The van der Waals surface area contributed by atoms with E-state index in [0.29, 0.717) is 26.3 Å². The van der Waals surface area contributed by atoms with Gasteiger partial charge < -0.3 is 14.0 Å². The number of nitrogens with zero attached hydrogens (tertiary/aromatic N) is 1. The molecule has 0 rings (SSSR count). The number of rotatable bonds is 9. The summed E-state index contributed by atoms with van der Waals surface area (Å²) in [5.41, 5.74) is 0. The van der Waals surface area contributed by atoms with Crippen molar-refractivity contribution in [3.8, 4) is 0 Å². The zero-order chi connectivity index (χ0) is 11.7. The molecule has 0 aliphatic heterocycles. The van der Waals surface area contributed by atoms with E-state index in [1.165, 1.54) is 0 Å². The van der Waals surface area contributed by atoms with Crippen molar-refractivity contribution < 1.29 is 52.0 Å². The molecule has 0 saturated carbocycles. The zero-order valence-corrected chi connectivity index (χ0v) is 13.0. The van der Waals surface area contributed by atoms with Crippen LogP contribution in [0.1, 0.15) is 0 Å². The first-order valence-corrected chi connectivity index (χ1v) is 6.21. The van der Waals surface area contributed by atoms with Crippen LogP contribution in [0, 0.1) is 0 Å². The van der Waals surface area contributed by atoms with Crippen molar-refractivity contribution in [3.63, 3.8) is 0 Å². The first kappa shape index (κ1) is 19.1. The molecule has 0 bridgehead atoms. The van der Waals surface area contributed by atoms with Gasteiger partial charge in [0.15, 0.2) is 0 Å². The summed E-state index contributed by atoms with van der Waals surface area (Å²) < 4.78 is 41.1. The summed E-state index contributed by atoms with van der Waals surface area (Å²) >= 11 is 0. The average Bonchev–Trinajstić information content (AvgIpc) is 2.15. The van der Waals surface area contributed by atoms with Crippen molar-refractivity contribution in [2.75, 3.05) is 52.8 Å². The molecule has 8 heteroatoms. The maximum atomic E-state index is 10.4. The fourth-order valence-electron chi connectivity index (χ4n) is 1.02. The Labute approximate surface area is 119 Å². The Balaban J connectivity index is 0. The molecule has 16 heavy (non-hydrogen) atoms. The number of hydrogen-bond acceptors (Lipinski definition) is 6. The summed E-state index contributed by atoms with van der Waals surface area (Å²) in [5, 5.41) is 0. The van der Waals surface area contributed by atoms with Gasteiger partial charge in [0.2, 0.25) is 0 Å². The molecule has 0 aromatic heterocycles. The maximum absolute atomic E-state index is 10.4. The number of methoxy groups -OCH3 is 2. The second kappa shape index (κ2) is 10.9. The third-order valence-electron chi connectivity index (χ3n) is 1.88. The summed E-state index contributed by atoms with van der Waals surface area (Å²) in [6.45, 7) is 2.41. The predicted molar refractivity (Wildman–Crippen MR) is 54.8 cm³/mol. The first-order chi connectivity index (χ1) is 6.99. The third kappa shape index (κ3) is 12.9. The number of ether oxygens (including phenoxy) is 2. The van der Waals surface area contributed by atoms with Gasteiger partial charge >= 0.3 is 29.6 Å². The zero-order valence-electron chi connectivity index (χ0n) is 10.1. The van der Waals surface area contributed by atoms with E-state index in [-0.39, 0.29) is 41.9 Å². The Morgan fingerprint density at radius 2 is 1.50 bits per heavy atom. The molecule has 0 N–H and O–H groups in total. The Morgan fingerprint density at radius 3 is 1.81 bits per heavy atom. The Hall–Kier alpha value is 0.790. The molecule has 0 aliphatic carbocycles. The van der Waals surface area contributed by atoms with Crippen molar-refractivity contribution in [3.05, 3.63) is 0 Å². The summed E-state index contributed by atoms with van der Waals surface area (Å²) in [4.78, 5) is 1.82. The van der Waals surface area contributed by atoms with Gasteiger partial charge in [0.25, 0.3) is 0 Å². The Bertz CT molecular complexity index is 239. The van der Waals surface area contributed by atoms with E-state index in [1.54, 1.807) is 14.2 Å². The van der Waals surface area contributed by atoms with Crippen LogP contribution in [0.3, 0.4) is 0 Å². The molecule has 0 unspecified atom stereocenters. The second-order valence-corrected chi connectivity index (χ2v) is 4.61. The van der Waals surface area contributed by atoms with Gasteiger partial charge in [0, 0.05) is 33.9 Å². The molecule has 0 saturated heterocycles. The summed E-state index contributed by atoms with van der Waals surface area (Å²) in [6, 6.07) is 0. The standard InChI is InChI=1S/C8H19NO5S.Na/c1-13-6-3-9(4-7-14-2)5-8-15(10,11)12;/h3-8H2,1-2H3,(H,10,11,12);/q;+1/p-1. The minimum absolute atomic E-state index is 0. The average molecular weight is 263 g/mol. The molecule has 0 amide bonds. The Kier molecular flexibility index (Phi) is 13.1. The van der Waals surface area contributed by atoms with Crippen molar-refractivity contribution >= 4 is 10.1 Å². The van der Waals surface area contributed by atoms with Gasteiger partial charge in [-0.05, 0) is 0 Å². The molecule has 92 valence electrons. The van der Waals surface area contributed by atoms with Crippen LogP contribution in [0.4, 0.5) is 0 Å². The first-order valence-electron chi connectivity index (χ1n) is 4.63. The molecule has 0 fully saturated rings. The molecule has 0 atom stereocenters. The van der Waals surface area contributed by atoms with Crippen LogP contribution < -0.4 is 29.6 Å². The van der Waals surface area contributed by atoms with E-state index in [9.17, 15) is 13.0 Å². The monoisotopic (exact) mass is 263 g/mol. The van der Waals surface area contributed by atoms with Gasteiger partial charge in [0.05, 0.1) is 29.1 Å². The maximum Gasteiger partial charge on any atom is 1.00 e. The van der Waals surface area contributed by atoms with Gasteiger partial charge in [-0.15, -0.1) is 0 Å². The second-order valence-electron chi connectivity index (χ2n) is 3.09. The van der Waals surface area contributed by atoms with Crippen LogP contribution in [-0.2, 0) is 19.6 Å². The SMILES string of the molecule is COCCN(CCOC)CCS(=O)(=O)[O-].[Na+]. The van der Waals surface area contributed by atoms with Gasteiger partial charge in [-0.3, -0.25) is 4.90 Å². The van der Waals surface area contributed by atoms with Gasteiger partial charge in [-0.1, -0.05) is 0 Å². The van der Waals surface area contributed by atoms with Crippen LogP contribution >= 0.6 is 0 Å². The van der Waals surface area contributed by atoms with Crippen molar-refractivity contribution in [2.24, 2.45) is 0 Å². The van der Waals surface area contributed by atoms with Gasteiger partial charge in [-0.2, -0.15) is 0 Å². The van der Waals surface area contributed by atoms with Crippen LogP contribution in [0.5, 0.6) is 0 Å². The minimum Gasteiger partial charge on any atom is -0.748 e. The van der Waals surface area contributed by atoms with Crippen molar-refractivity contribution in [2.45, 2.75) is 0 Å². The molecule has 0 spiro atoms. The van der Waals surface area contributed by atoms with E-state index >= 15 is 0 Å². The van der Waals surface area contributed by atoms with E-state index < -0.39 is 10.1 Å². The normalized spacial score (nSPS) is 11.5. The summed E-state index contributed by atoms with van der Waals surface area (Å²) in [7, 11) is -1.01. The van der Waals surface area contributed by atoms with E-state index in [0.717, 1.165) is 0 Å². The molecule has 0 heterocycles. The molecule has 0 radical (unpaired) electrons. The number of hydrogen-bond donors (Lipinski definition) is 0. The third-order valence-corrected chi connectivity index (χ3v) is 2.56. The molecule has 0 aromatic carbocycles.